The highest BCUT2D eigenvalue weighted by Crippen LogP contribution is 2.48. The first-order chi connectivity index (χ1) is 16.8. The maximum absolute atomic E-state index is 13.3. The Kier molecular flexibility index (Phi) is 6.64. The number of rotatable bonds is 5. The zero-order valence-electron chi connectivity index (χ0n) is 18.9. The predicted octanol–water partition coefficient (Wildman–Crippen LogP) is 3.06. The first-order valence-electron chi connectivity index (χ1n) is 11.0. The Balaban J connectivity index is 1.55. The van der Waals surface area contributed by atoms with Crippen LogP contribution in [0.1, 0.15) is 28.8 Å². The molecule has 2 aromatic rings. The average Bonchev–Trinajstić information content (AvgIpc) is 2.80. The lowest BCUT2D eigenvalue weighted by Crippen LogP contribution is -2.69. The largest absolute Gasteiger partial charge is 0.573 e. The van der Waals surface area contributed by atoms with Crippen LogP contribution in [0.15, 0.2) is 53.4 Å². The molecule has 0 aromatic heterocycles. The summed E-state index contributed by atoms with van der Waals surface area (Å²) in [6.45, 7) is 1.01. The monoisotopic (exact) mass is 527 g/mol. The predicted molar refractivity (Wildman–Crippen MR) is 121 cm³/mol. The second-order valence-corrected chi connectivity index (χ2v) is 10.6. The van der Waals surface area contributed by atoms with Gasteiger partial charge in [-0.05, 0) is 61.2 Å². The minimum Gasteiger partial charge on any atom is -0.465 e. The molecule has 3 N–H and O–H groups in total. The highest BCUT2D eigenvalue weighted by molar-refractivity contribution is 7.89. The second kappa shape index (κ2) is 9.28. The molecule has 4 rings (SSSR count). The van der Waals surface area contributed by atoms with Gasteiger partial charge in [0.25, 0.3) is 5.91 Å². The van der Waals surface area contributed by atoms with Gasteiger partial charge in [-0.2, -0.15) is 0 Å². The minimum atomic E-state index is -4.81. The number of sulfonamides is 1. The number of likely N-dealkylation sites (tertiary alicyclic amines) is 2. The summed E-state index contributed by atoms with van der Waals surface area (Å²) in [6.07, 6.45) is -4.40. The fraction of sp³-hybridized carbons (Fsp3) is 0.391. The van der Waals surface area contributed by atoms with Crippen LogP contribution >= 0.6 is 0 Å². The molecule has 1 spiro atoms. The van der Waals surface area contributed by atoms with Crippen molar-refractivity contribution in [3.8, 4) is 5.75 Å². The van der Waals surface area contributed by atoms with Crippen molar-refractivity contribution in [1.29, 1.82) is 0 Å². The van der Waals surface area contributed by atoms with Gasteiger partial charge < -0.3 is 19.6 Å². The average molecular weight is 528 g/mol. The Hall–Kier alpha value is -3.32. The number of benzene rings is 2. The first kappa shape index (κ1) is 25.8. The second-order valence-electron chi connectivity index (χ2n) is 9.05. The normalized spacial score (nSPS) is 19.6. The van der Waals surface area contributed by atoms with E-state index in [1.807, 2.05) is 0 Å². The van der Waals surface area contributed by atoms with E-state index in [2.05, 4.69) is 4.74 Å². The number of amides is 2. The molecular weight excluding hydrogens is 503 g/mol. The number of primary sulfonamides is 1. The molecule has 2 fully saturated rings. The highest BCUT2D eigenvalue weighted by Gasteiger charge is 2.55. The lowest BCUT2D eigenvalue weighted by Gasteiger charge is -2.60. The molecule has 2 amide bonds. The summed E-state index contributed by atoms with van der Waals surface area (Å²) in [5, 5.41) is 14.4. The van der Waals surface area contributed by atoms with Crippen molar-refractivity contribution < 1.29 is 41.0 Å². The Morgan fingerprint density at radius 1 is 1.06 bits per heavy atom. The van der Waals surface area contributed by atoms with E-state index in [0.29, 0.717) is 44.5 Å². The van der Waals surface area contributed by atoms with Crippen LogP contribution in [0.5, 0.6) is 5.75 Å². The number of halogens is 3. The molecular formula is C23H24F3N3O6S. The topological polar surface area (TPSA) is 130 Å². The molecule has 36 heavy (non-hydrogen) atoms. The molecule has 0 saturated carbocycles. The summed E-state index contributed by atoms with van der Waals surface area (Å²) in [5.41, 5.74) is 0.610. The molecule has 2 heterocycles. The Morgan fingerprint density at radius 3 is 2.14 bits per heavy atom. The molecule has 0 bridgehead atoms. The number of alkyl halides is 3. The molecule has 0 radical (unpaired) electrons. The third-order valence-electron chi connectivity index (χ3n) is 6.87. The summed E-state index contributed by atoms with van der Waals surface area (Å²) >= 11 is 0. The molecule has 2 aliphatic heterocycles. The number of piperidine rings is 1. The van der Waals surface area contributed by atoms with Crippen molar-refractivity contribution >= 4 is 22.0 Å². The summed E-state index contributed by atoms with van der Waals surface area (Å²) in [4.78, 5) is 27.5. The molecule has 13 heteroatoms. The van der Waals surface area contributed by atoms with E-state index >= 15 is 0 Å². The zero-order chi connectivity index (χ0) is 26.3. The van der Waals surface area contributed by atoms with Crippen LogP contribution in [0.4, 0.5) is 18.0 Å². The van der Waals surface area contributed by atoms with E-state index in [1.54, 1.807) is 4.90 Å². The van der Waals surface area contributed by atoms with Crippen molar-refractivity contribution in [3.05, 3.63) is 59.7 Å². The van der Waals surface area contributed by atoms with Gasteiger partial charge in [0.1, 0.15) is 5.75 Å². The molecule has 1 unspecified atom stereocenters. The number of ether oxygens (including phenoxy) is 1. The van der Waals surface area contributed by atoms with Crippen LogP contribution in [0.2, 0.25) is 0 Å². The van der Waals surface area contributed by atoms with Crippen molar-refractivity contribution in [2.24, 2.45) is 10.6 Å². The third kappa shape index (κ3) is 5.41. The summed E-state index contributed by atoms with van der Waals surface area (Å²) in [7, 11) is -3.92. The van der Waals surface area contributed by atoms with E-state index in [9.17, 15) is 36.3 Å². The summed E-state index contributed by atoms with van der Waals surface area (Å²) < 4.78 is 64.4. The minimum absolute atomic E-state index is 0.127. The Labute approximate surface area is 205 Å². The van der Waals surface area contributed by atoms with Crippen molar-refractivity contribution in [2.75, 3.05) is 19.6 Å². The van der Waals surface area contributed by atoms with Crippen LogP contribution in [-0.2, 0) is 16.4 Å². The number of carbonyl (C=O) groups is 2. The molecule has 9 nitrogen and oxygen atoms in total. The van der Waals surface area contributed by atoms with Crippen LogP contribution in [0, 0.1) is 5.41 Å². The van der Waals surface area contributed by atoms with Gasteiger partial charge in [0.2, 0.25) is 10.0 Å². The standard InChI is InChI=1S/C23H24F3N3O6S/c24-23(25,26)35-17-5-1-15(2-6-17)13-19-22(9-11-28(12-10-22)21(31)32)14-29(19)20(30)16-3-7-18(8-4-16)36(27,33)34/h1-8,19H,9-14H2,(H,31,32)(H2,27,33,34). The van der Waals surface area contributed by atoms with Gasteiger partial charge in [0.05, 0.1) is 4.90 Å². The van der Waals surface area contributed by atoms with Gasteiger partial charge in [0.15, 0.2) is 0 Å². The van der Waals surface area contributed by atoms with Gasteiger partial charge in [-0.15, -0.1) is 13.2 Å². The SMILES string of the molecule is NS(=O)(=O)c1ccc(C(=O)N2CC3(CCN(C(=O)O)CC3)C2Cc2ccc(OC(F)(F)F)cc2)cc1. The fourth-order valence-electron chi connectivity index (χ4n) is 4.95. The molecule has 2 saturated heterocycles. The van der Waals surface area contributed by atoms with E-state index < -0.39 is 22.5 Å². The van der Waals surface area contributed by atoms with Crippen LogP contribution in [0.25, 0.3) is 0 Å². The van der Waals surface area contributed by atoms with E-state index in [0.717, 1.165) is 0 Å². The maximum atomic E-state index is 13.3. The number of hydrogen-bond donors (Lipinski definition) is 2. The lowest BCUT2D eigenvalue weighted by molar-refractivity contribution is -0.274. The van der Waals surface area contributed by atoms with Gasteiger partial charge in [-0.1, -0.05) is 12.1 Å². The number of carboxylic acid groups (broad SMARTS) is 1. The van der Waals surface area contributed by atoms with Gasteiger partial charge in [-0.25, -0.2) is 18.4 Å². The summed E-state index contributed by atoms with van der Waals surface area (Å²) in [5.74, 6) is -0.684. The molecule has 2 aliphatic rings. The Morgan fingerprint density at radius 2 is 1.64 bits per heavy atom. The van der Waals surface area contributed by atoms with Crippen molar-refractivity contribution in [3.63, 3.8) is 0 Å². The number of carbonyl (C=O) groups excluding carboxylic acids is 1. The lowest BCUT2D eigenvalue weighted by atomic mass is 9.63. The number of nitrogens with zero attached hydrogens (tertiary/aromatic N) is 2. The van der Waals surface area contributed by atoms with Crippen LogP contribution < -0.4 is 9.88 Å². The molecule has 1 atom stereocenters. The van der Waals surface area contributed by atoms with Crippen LogP contribution in [0.3, 0.4) is 0 Å². The highest BCUT2D eigenvalue weighted by atomic mass is 32.2. The van der Waals surface area contributed by atoms with Gasteiger partial charge >= 0.3 is 12.5 Å². The molecule has 0 aliphatic carbocycles. The first-order valence-corrected chi connectivity index (χ1v) is 12.6. The van der Waals surface area contributed by atoms with Gasteiger partial charge in [-0.3, -0.25) is 4.79 Å². The third-order valence-corrected chi connectivity index (χ3v) is 7.80. The molecule has 2 aromatic carbocycles. The fourth-order valence-corrected chi connectivity index (χ4v) is 5.47. The van der Waals surface area contributed by atoms with E-state index in [-0.39, 0.29) is 33.6 Å². The van der Waals surface area contributed by atoms with Crippen molar-refractivity contribution in [1.82, 2.24) is 9.80 Å². The zero-order valence-corrected chi connectivity index (χ0v) is 19.8. The van der Waals surface area contributed by atoms with Gasteiger partial charge in [0, 0.05) is 36.7 Å². The van der Waals surface area contributed by atoms with E-state index in [4.69, 9.17) is 5.14 Å². The summed E-state index contributed by atoms with van der Waals surface area (Å²) in [6, 6.07) is 10.3. The quantitative estimate of drug-likeness (QED) is 0.615. The number of nitrogens with two attached hydrogens (primary N) is 1. The Bertz CT molecular complexity index is 1240. The number of hydrogen-bond acceptors (Lipinski definition) is 5. The van der Waals surface area contributed by atoms with Crippen molar-refractivity contribution in [2.45, 2.75) is 36.6 Å². The van der Waals surface area contributed by atoms with E-state index in [1.165, 1.54) is 53.4 Å². The maximum Gasteiger partial charge on any atom is 0.573 e. The smallest absolute Gasteiger partial charge is 0.465 e. The molecule has 194 valence electrons. The van der Waals surface area contributed by atoms with Crippen LogP contribution in [-0.4, -0.2) is 67.4 Å².